The summed E-state index contributed by atoms with van der Waals surface area (Å²) >= 11 is 0. The molecule has 0 aliphatic carbocycles. The Morgan fingerprint density at radius 1 is 1.06 bits per heavy atom. The van der Waals surface area contributed by atoms with Crippen molar-refractivity contribution < 1.29 is 18.0 Å². The van der Waals surface area contributed by atoms with Gasteiger partial charge in [0.25, 0.3) is 5.91 Å². The quantitative estimate of drug-likeness (QED) is 0.390. The van der Waals surface area contributed by atoms with Crippen molar-refractivity contribution in [2.24, 2.45) is 7.05 Å². The highest BCUT2D eigenvalue weighted by Crippen LogP contribution is 2.45. The van der Waals surface area contributed by atoms with Gasteiger partial charge in [-0.3, -0.25) is 9.48 Å². The number of halogens is 3. The van der Waals surface area contributed by atoms with Gasteiger partial charge < -0.3 is 4.90 Å². The average molecular weight is 493 g/mol. The minimum atomic E-state index is -1.50. The molecule has 1 fully saturated rings. The molecule has 2 aliphatic heterocycles. The molecule has 2 aromatic carbocycles. The molecule has 2 aromatic heterocycles. The van der Waals surface area contributed by atoms with E-state index in [-0.39, 0.29) is 23.6 Å². The van der Waals surface area contributed by atoms with Gasteiger partial charge >= 0.3 is 0 Å². The molecule has 7 nitrogen and oxygen atoms in total. The molecule has 4 heterocycles. The number of hydrogen-bond acceptors (Lipinski definition) is 4. The van der Waals surface area contributed by atoms with Crippen LogP contribution in [0.5, 0.6) is 0 Å². The van der Waals surface area contributed by atoms with Gasteiger partial charge in [0.2, 0.25) is 0 Å². The van der Waals surface area contributed by atoms with Gasteiger partial charge in [0, 0.05) is 24.2 Å². The van der Waals surface area contributed by atoms with Gasteiger partial charge in [-0.1, -0.05) is 12.1 Å². The predicted octanol–water partition coefficient (Wildman–Crippen LogP) is 4.69. The molecule has 2 bridgehead atoms. The Kier molecular flexibility index (Phi) is 5.20. The second kappa shape index (κ2) is 8.32. The summed E-state index contributed by atoms with van der Waals surface area (Å²) in [5.41, 5.74) is 4.17. The number of rotatable bonds is 3. The zero-order valence-electron chi connectivity index (χ0n) is 19.8. The lowest BCUT2D eigenvalue weighted by Gasteiger charge is -2.45. The second-order valence-electron chi connectivity index (χ2n) is 9.40. The Morgan fingerprint density at radius 3 is 2.53 bits per heavy atom. The Morgan fingerprint density at radius 2 is 1.81 bits per heavy atom. The number of aromatic nitrogens is 5. The van der Waals surface area contributed by atoms with Crippen molar-refractivity contribution in [2.45, 2.75) is 44.7 Å². The molecular weight excluding hydrogens is 469 g/mol. The Labute approximate surface area is 205 Å². The lowest BCUT2D eigenvalue weighted by Crippen LogP contribution is -2.50. The highest BCUT2D eigenvalue weighted by molar-refractivity contribution is 5.98. The van der Waals surface area contributed by atoms with E-state index in [0.29, 0.717) is 29.1 Å². The first-order valence-electron chi connectivity index (χ1n) is 11.8. The van der Waals surface area contributed by atoms with Crippen molar-refractivity contribution in [3.05, 3.63) is 82.6 Å². The Balaban J connectivity index is 1.43. The number of fused-ring (bicyclic) bond motifs is 4. The maximum absolute atomic E-state index is 14.1. The fourth-order valence-electron chi connectivity index (χ4n) is 5.63. The van der Waals surface area contributed by atoms with Crippen molar-refractivity contribution in [1.82, 2.24) is 29.7 Å². The van der Waals surface area contributed by atoms with Gasteiger partial charge in [0.05, 0.1) is 40.6 Å². The first-order chi connectivity index (χ1) is 17.3. The molecule has 0 saturated carbocycles. The summed E-state index contributed by atoms with van der Waals surface area (Å²) in [6.07, 6.45) is 4.58. The number of hydrogen-bond donors (Lipinski definition) is 0. The van der Waals surface area contributed by atoms with Gasteiger partial charge in [-0.2, -0.15) is 20.1 Å². The number of para-hydroxylation sites is 1. The molecule has 1 amide bonds. The molecule has 2 atom stereocenters. The van der Waals surface area contributed by atoms with Crippen LogP contribution in [0.1, 0.15) is 52.6 Å². The van der Waals surface area contributed by atoms with Crippen molar-refractivity contribution >= 4 is 5.91 Å². The third-order valence-electron chi connectivity index (χ3n) is 7.12. The standard InChI is InChI=1S/C26H23F3N6O/c1-14-13-30-35(31-14)21-8-4-3-7-17(21)26(36)34-16-6-5-9-22(34)24-18(12-16)25(33(2)32-24)15-10-19(27)23(29)20(28)11-15/h3-4,7-8,10-11,13,16,22H,5-6,9,12H2,1-2H3/t16-,22+/m0/s1. The number of amides is 1. The Bertz CT molecular complexity index is 1490. The molecule has 184 valence electrons. The SMILES string of the molecule is Cc1cnn(-c2ccccc2C(=O)N2[C@H]3CCC[C@@H]2c2nn(C)c(-c4cc(F)c(F)c(F)c4)c2C3)n1. The molecule has 2 aliphatic rings. The molecule has 0 N–H and O–H groups in total. The van der Waals surface area contributed by atoms with Crippen LogP contribution in [-0.2, 0) is 13.5 Å². The van der Waals surface area contributed by atoms with E-state index in [0.717, 1.165) is 42.7 Å². The fraction of sp³-hybridized carbons (Fsp3) is 0.308. The lowest BCUT2D eigenvalue weighted by molar-refractivity contribution is 0.0391. The van der Waals surface area contributed by atoms with Gasteiger partial charge in [0.1, 0.15) is 0 Å². The summed E-state index contributed by atoms with van der Waals surface area (Å²) in [5, 5.41) is 13.4. The lowest BCUT2D eigenvalue weighted by atomic mass is 9.81. The van der Waals surface area contributed by atoms with Crippen molar-refractivity contribution in [1.29, 1.82) is 0 Å². The van der Waals surface area contributed by atoms with Crippen LogP contribution in [0.25, 0.3) is 16.9 Å². The maximum Gasteiger partial charge on any atom is 0.256 e. The minimum absolute atomic E-state index is 0.109. The zero-order valence-corrected chi connectivity index (χ0v) is 19.8. The molecule has 6 rings (SSSR count). The largest absolute Gasteiger partial charge is 0.327 e. The van der Waals surface area contributed by atoms with Gasteiger partial charge in [-0.15, -0.1) is 0 Å². The van der Waals surface area contributed by atoms with E-state index in [9.17, 15) is 18.0 Å². The maximum atomic E-state index is 14.1. The summed E-state index contributed by atoms with van der Waals surface area (Å²) < 4.78 is 43.3. The van der Waals surface area contributed by atoms with E-state index in [2.05, 4.69) is 10.2 Å². The second-order valence-corrected chi connectivity index (χ2v) is 9.40. The van der Waals surface area contributed by atoms with Crippen LogP contribution in [0.2, 0.25) is 0 Å². The number of aryl methyl sites for hydroxylation is 2. The minimum Gasteiger partial charge on any atom is -0.327 e. The highest BCUT2D eigenvalue weighted by Gasteiger charge is 2.44. The molecule has 36 heavy (non-hydrogen) atoms. The molecule has 4 aromatic rings. The smallest absolute Gasteiger partial charge is 0.256 e. The third-order valence-corrected chi connectivity index (χ3v) is 7.12. The van der Waals surface area contributed by atoms with E-state index in [4.69, 9.17) is 5.10 Å². The van der Waals surface area contributed by atoms with Crippen molar-refractivity contribution in [2.75, 3.05) is 0 Å². The molecule has 0 spiro atoms. The Hall–Kier alpha value is -3.95. The van der Waals surface area contributed by atoms with E-state index in [1.165, 1.54) is 4.80 Å². The summed E-state index contributed by atoms with van der Waals surface area (Å²) in [6, 6.07) is 8.85. The molecule has 1 saturated heterocycles. The zero-order chi connectivity index (χ0) is 25.1. The predicted molar refractivity (Wildman–Crippen MR) is 125 cm³/mol. The highest BCUT2D eigenvalue weighted by atomic mass is 19.2. The third kappa shape index (κ3) is 3.42. The van der Waals surface area contributed by atoms with Gasteiger partial charge in [-0.05, 0) is 56.9 Å². The molecule has 0 unspecified atom stereocenters. The first kappa shape index (κ1) is 22.5. The van der Waals surface area contributed by atoms with E-state index >= 15 is 0 Å². The number of benzene rings is 2. The average Bonchev–Trinajstić information content (AvgIpc) is 3.44. The topological polar surface area (TPSA) is 68.8 Å². The number of nitrogens with zero attached hydrogens (tertiary/aromatic N) is 6. The monoisotopic (exact) mass is 492 g/mol. The fourth-order valence-corrected chi connectivity index (χ4v) is 5.63. The number of carbonyl (C=O) groups is 1. The summed E-state index contributed by atoms with van der Waals surface area (Å²) in [6.45, 7) is 1.84. The van der Waals surface area contributed by atoms with Crippen LogP contribution in [0.3, 0.4) is 0 Å². The van der Waals surface area contributed by atoms with Crippen LogP contribution >= 0.6 is 0 Å². The molecule has 0 radical (unpaired) electrons. The number of carbonyl (C=O) groups excluding carboxylic acids is 1. The van der Waals surface area contributed by atoms with Crippen LogP contribution in [-0.4, -0.2) is 41.6 Å². The van der Waals surface area contributed by atoms with Crippen LogP contribution in [0.15, 0.2) is 42.6 Å². The molecule has 10 heteroatoms. The number of piperidine rings is 1. The van der Waals surface area contributed by atoms with Gasteiger partial charge in [-0.25, -0.2) is 13.2 Å². The van der Waals surface area contributed by atoms with E-state index in [1.54, 1.807) is 24.0 Å². The van der Waals surface area contributed by atoms with Crippen LogP contribution in [0, 0.1) is 24.4 Å². The normalized spacial score (nSPS) is 18.9. The first-order valence-corrected chi connectivity index (χ1v) is 11.8. The summed E-state index contributed by atoms with van der Waals surface area (Å²) in [5.74, 6) is -4.12. The van der Waals surface area contributed by atoms with Crippen molar-refractivity contribution in [3.8, 4) is 16.9 Å². The van der Waals surface area contributed by atoms with Crippen LogP contribution in [0.4, 0.5) is 13.2 Å². The van der Waals surface area contributed by atoms with E-state index in [1.807, 2.05) is 30.0 Å². The van der Waals surface area contributed by atoms with E-state index < -0.39 is 17.5 Å². The van der Waals surface area contributed by atoms with Crippen molar-refractivity contribution in [3.63, 3.8) is 0 Å². The summed E-state index contributed by atoms with van der Waals surface area (Å²) in [4.78, 5) is 17.3. The summed E-state index contributed by atoms with van der Waals surface area (Å²) in [7, 11) is 1.70. The molecular formula is C26H23F3N6O. The van der Waals surface area contributed by atoms with Gasteiger partial charge in [0.15, 0.2) is 17.5 Å². The van der Waals surface area contributed by atoms with Crippen LogP contribution < -0.4 is 0 Å².